The molecule has 1 atom stereocenters. The van der Waals surface area contributed by atoms with Crippen LogP contribution in [0, 0.1) is 5.92 Å². The minimum absolute atomic E-state index is 0.423. The van der Waals surface area contributed by atoms with Crippen molar-refractivity contribution < 1.29 is 13.2 Å². The van der Waals surface area contributed by atoms with Crippen molar-refractivity contribution in [1.82, 2.24) is 15.6 Å². The molecule has 3 rings (SSSR count). The summed E-state index contributed by atoms with van der Waals surface area (Å²) in [4.78, 5) is 10.2. The van der Waals surface area contributed by atoms with E-state index in [2.05, 4.69) is 37.6 Å². The Morgan fingerprint density at radius 2 is 2.07 bits per heavy atom. The number of nitrogens with zero attached hydrogens (tertiary/aromatic N) is 3. The molecular formula is C19H24F3N5S. The van der Waals surface area contributed by atoms with Gasteiger partial charge in [0.05, 0.1) is 5.01 Å². The maximum atomic E-state index is 12.6. The average Bonchev–Trinajstić information content (AvgIpc) is 3.34. The van der Waals surface area contributed by atoms with Crippen LogP contribution in [0.25, 0.3) is 0 Å². The van der Waals surface area contributed by atoms with Crippen molar-refractivity contribution in [3.8, 4) is 0 Å². The van der Waals surface area contributed by atoms with Gasteiger partial charge in [-0.05, 0) is 24.5 Å². The molecule has 28 heavy (non-hydrogen) atoms. The highest BCUT2D eigenvalue weighted by Crippen LogP contribution is 2.30. The van der Waals surface area contributed by atoms with Crippen LogP contribution in [0.15, 0.2) is 40.7 Å². The van der Waals surface area contributed by atoms with Gasteiger partial charge in [0.1, 0.15) is 0 Å². The van der Waals surface area contributed by atoms with E-state index in [1.54, 1.807) is 7.05 Å². The minimum Gasteiger partial charge on any atom is -0.371 e. The molecule has 0 saturated carbocycles. The molecule has 9 heteroatoms. The molecule has 5 nitrogen and oxygen atoms in total. The fraction of sp³-hybridized carbons (Fsp3) is 0.474. The van der Waals surface area contributed by atoms with Crippen LogP contribution in [0.3, 0.4) is 0 Å². The zero-order valence-electron chi connectivity index (χ0n) is 15.7. The van der Waals surface area contributed by atoms with Crippen LogP contribution < -0.4 is 15.5 Å². The predicted molar refractivity (Wildman–Crippen MR) is 107 cm³/mol. The number of para-hydroxylation sites is 1. The number of guanidine groups is 1. The van der Waals surface area contributed by atoms with E-state index in [9.17, 15) is 13.2 Å². The maximum absolute atomic E-state index is 12.6. The number of nitrogens with one attached hydrogen (secondary N) is 2. The van der Waals surface area contributed by atoms with Gasteiger partial charge in [-0.2, -0.15) is 13.2 Å². The molecule has 0 spiro atoms. The van der Waals surface area contributed by atoms with Gasteiger partial charge in [-0.15, -0.1) is 11.3 Å². The van der Waals surface area contributed by atoms with Crippen molar-refractivity contribution in [2.24, 2.45) is 10.9 Å². The third-order valence-electron chi connectivity index (χ3n) is 4.66. The molecule has 1 aliphatic rings. The summed E-state index contributed by atoms with van der Waals surface area (Å²) in [5.74, 6) is 1.18. The maximum Gasteiger partial charge on any atom is 0.434 e. The number of rotatable bonds is 6. The normalized spacial score (nSPS) is 17.8. The van der Waals surface area contributed by atoms with Crippen molar-refractivity contribution in [2.45, 2.75) is 19.0 Å². The summed E-state index contributed by atoms with van der Waals surface area (Å²) in [6.45, 7) is 3.31. The van der Waals surface area contributed by atoms with E-state index >= 15 is 0 Å². The summed E-state index contributed by atoms with van der Waals surface area (Å²) >= 11 is 1.03. The lowest BCUT2D eigenvalue weighted by molar-refractivity contribution is -0.140. The van der Waals surface area contributed by atoms with Crippen LogP contribution in [0.5, 0.6) is 0 Å². The zero-order chi connectivity index (χ0) is 20.0. The van der Waals surface area contributed by atoms with Gasteiger partial charge in [0.25, 0.3) is 0 Å². The van der Waals surface area contributed by atoms with Crippen molar-refractivity contribution in [1.29, 1.82) is 0 Å². The van der Waals surface area contributed by atoms with E-state index < -0.39 is 11.9 Å². The molecule has 2 aromatic rings. The number of halogens is 3. The van der Waals surface area contributed by atoms with Crippen molar-refractivity contribution in [3.05, 3.63) is 46.4 Å². The average molecular weight is 411 g/mol. The van der Waals surface area contributed by atoms with E-state index in [-0.39, 0.29) is 0 Å². The Morgan fingerprint density at radius 1 is 1.29 bits per heavy atom. The number of aliphatic imine (C=N–C) groups is 1. The molecule has 0 radical (unpaired) electrons. The Bertz CT molecular complexity index is 775. The minimum atomic E-state index is -4.38. The molecular weight excluding hydrogens is 387 g/mol. The Kier molecular flexibility index (Phi) is 6.77. The molecule has 1 aliphatic heterocycles. The zero-order valence-corrected chi connectivity index (χ0v) is 16.5. The smallest absolute Gasteiger partial charge is 0.371 e. The van der Waals surface area contributed by atoms with Gasteiger partial charge in [-0.1, -0.05) is 18.2 Å². The van der Waals surface area contributed by atoms with Crippen molar-refractivity contribution >= 4 is 23.0 Å². The Balaban J connectivity index is 1.39. The highest BCUT2D eigenvalue weighted by molar-refractivity contribution is 7.09. The standard InChI is InChI=1S/C19H24F3N5S/c1-23-18(24-9-7-17-26-16(13-28-17)19(20,21)22)25-11-14-8-10-27(12-14)15-5-3-2-4-6-15/h2-6,13-14H,7-12H2,1H3,(H2,23,24,25). The van der Waals surface area contributed by atoms with Crippen LogP contribution in [-0.2, 0) is 12.6 Å². The number of hydrogen-bond acceptors (Lipinski definition) is 4. The first-order chi connectivity index (χ1) is 13.5. The monoisotopic (exact) mass is 411 g/mol. The molecule has 0 bridgehead atoms. The number of benzene rings is 1. The molecule has 2 N–H and O–H groups in total. The molecule has 1 aromatic carbocycles. The summed E-state index contributed by atoms with van der Waals surface area (Å²) in [5.41, 5.74) is 0.424. The molecule has 0 amide bonds. The molecule has 0 aliphatic carbocycles. The van der Waals surface area contributed by atoms with E-state index in [4.69, 9.17) is 0 Å². The summed E-state index contributed by atoms with van der Waals surface area (Å²) in [6, 6.07) is 10.4. The predicted octanol–water partition coefficient (Wildman–Crippen LogP) is 3.40. The summed E-state index contributed by atoms with van der Waals surface area (Å²) in [7, 11) is 1.69. The second-order valence-corrected chi connectivity index (χ2v) is 7.63. The fourth-order valence-electron chi connectivity index (χ4n) is 3.18. The largest absolute Gasteiger partial charge is 0.434 e. The first kappa shape index (κ1) is 20.4. The van der Waals surface area contributed by atoms with Crippen molar-refractivity contribution in [2.75, 3.05) is 38.1 Å². The van der Waals surface area contributed by atoms with Gasteiger partial charge >= 0.3 is 6.18 Å². The molecule has 1 aromatic heterocycles. The lowest BCUT2D eigenvalue weighted by atomic mass is 10.1. The lowest BCUT2D eigenvalue weighted by Crippen LogP contribution is -2.41. The lowest BCUT2D eigenvalue weighted by Gasteiger charge is -2.19. The van der Waals surface area contributed by atoms with Gasteiger partial charge in [0.2, 0.25) is 0 Å². The molecule has 1 unspecified atom stereocenters. The molecule has 1 saturated heterocycles. The summed E-state index contributed by atoms with van der Waals surface area (Å²) in [5, 5.41) is 7.98. The van der Waals surface area contributed by atoms with E-state index in [1.165, 1.54) is 5.69 Å². The number of anilines is 1. The van der Waals surface area contributed by atoms with Crippen LogP contribution in [0.4, 0.5) is 18.9 Å². The van der Waals surface area contributed by atoms with Crippen LogP contribution >= 0.6 is 11.3 Å². The van der Waals surface area contributed by atoms with Gasteiger partial charge in [0.15, 0.2) is 11.7 Å². The number of aromatic nitrogens is 1. The SMILES string of the molecule is CN=C(NCCc1nc(C(F)(F)F)cs1)NCC1CCN(c2ccccc2)C1. The first-order valence-electron chi connectivity index (χ1n) is 9.22. The van der Waals surface area contributed by atoms with Gasteiger partial charge in [0, 0.05) is 50.7 Å². The Morgan fingerprint density at radius 3 is 2.75 bits per heavy atom. The topological polar surface area (TPSA) is 52.6 Å². The van der Waals surface area contributed by atoms with E-state index in [0.29, 0.717) is 29.9 Å². The van der Waals surface area contributed by atoms with Gasteiger partial charge in [-0.25, -0.2) is 4.98 Å². The second kappa shape index (κ2) is 9.27. The van der Waals surface area contributed by atoms with E-state index in [1.807, 2.05) is 18.2 Å². The van der Waals surface area contributed by atoms with Crippen LogP contribution in [-0.4, -0.2) is 44.2 Å². The quantitative estimate of drug-likeness (QED) is 0.565. The first-order valence-corrected chi connectivity index (χ1v) is 10.1. The van der Waals surface area contributed by atoms with E-state index in [0.717, 1.165) is 42.8 Å². The number of alkyl halides is 3. The molecule has 1 fully saturated rings. The molecule has 152 valence electrons. The fourth-order valence-corrected chi connectivity index (χ4v) is 3.98. The highest BCUT2D eigenvalue weighted by Gasteiger charge is 2.33. The third kappa shape index (κ3) is 5.60. The second-order valence-electron chi connectivity index (χ2n) is 6.69. The van der Waals surface area contributed by atoms with Gasteiger partial charge < -0.3 is 15.5 Å². The Hall–Kier alpha value is -2.29. The number of thiazole rings is 1. The summed E-state index contributed by atoms with van der Waals surface area (Å²) < 4.78 is 37.8. The van der Waals surface area contributed by atoms with Gasteiger partial charge in [-0.3, -0.25) is 4.99 Å². The number of hydrogen-bond donors (Lipinski definition) is 2. The van der Waals surface area contributed by atoms with Crippen molar-refractivity contribution in [3.63, 3.8) is 0 Å². The highest BCUT2D eigenvalue weighted by atomic mass is 32.1. The van der Waals surface area contributed by atoms with Crippen LogP contribution in [0.2, 0.25) is 0 Å². The molecule has 2 heterocycles. The third-order valence-corrected chi connectivity index (χ3v) is 5.57. The Labute approximate surface area is 166 Å². The summed E-state index contributed by atoms with van der Waals surface area (Å²) in [6.07, 6.45) is -2.85. The van der Waals surface area contributed by atoms with Crippen LogP contribution in [0.1, 0.15) is 17.1 Å².